The first-order valence-corrected chi connectivity index (χ1v) is 4.32. The van der Waals surface area contributed by atoms with Gasteiger partial charge in [-0.15, -0.1) is 0 Å². The van der Waals surface area contributed by atoms with E-state index in [1.165, 1.54) is 32.1 Å². The summed E-state index contributed by atoms with van der Waals surface area (Å²) in [4.78, 5) is 2.48. The minimum absolute atomic E-state index is 0.858. The third-order valence-corrected chi connectivity index (χ3v) is 2.96. The second kappa shape index (κ2) is 2.30. The monoisotopic (exact) mass is 137 g/mol. The largest absolute Gasteiger partial charge is 0.372 e. The van der Waals surface area contributed by atoms with Crippen molar-refractivity contribution in [3.8, 4) is 0 Å². The Kier molecular flexibility index (Phi) is 1.44. The van der Waals surface area contributed by atoms with Gasteiger partial charge in [0.15, 0.2) is 0 Å². The summed E-state index contributed by atoms with van der Waals surface area (Å²) < 4.78 is 0. The molecule has 0 amide bonds. The average molecular weight is 137 g/mol. The van der Waals surface area contributed by atoms with Crippen molar-refractivity contribution < 1.29 is 0 Å². The topological polar surface area (TPSA) is 3.24 Å². The molecule has 0 unspecified atom stereocenters. The molecule has 0 aromatic carbocycles. The van der Waals surface area contributed by atoms with Gasteiger partial charge < -0.3 is 4.90 Å². The van der Waals surface area contributed by atoms with E-state index in [1.54, 1.807) is 0 Å². The lowest BCUT2D eigenvalue weighted by atomic mass is 10.0. The van der Waals surface area contributed by atoms with Gasteiger partial charge in [-0.3, -0.25) is 0 Å². The number of fused-ring (bicyclic) bond motifs is 2. The highest BCUT2D eigenvalue weighted by molar-refractivity contribution is 4.96. The van der Waals surface area contributed by atoms with Gasteiger partial charge in [-0.25, -0.2) is 0 Å². The molecule has 2 rings (SSSR count). The Labute approximate surface area is 62.7 Å². The van der Waals surface area contributed by atoms with Crippen LogP contribution in [-0.4, -0.2) is 17.0 Å². The molecule has 2 fully saturated rings. The van der Waals surface area contributed by atoms with Crippen molar-refractivity contribution in [2.24, 2.45) is 0 Å². The molecule has 0 radical (unpaired) electrons. The highest BCUT2D eigenvalue weighted by Crippen LogP contribution is 2.35. The second-order valence-electron chi connectivity index (χ2n) is 3.45. The van der Waals surface area contributed by atoms with Crippen LogP contribution >= 0.6 is 0 Å². The summed E-state index contributed by atoms with van der Waals surface area (Å²) in [6, 6.07) is 1.72. The molecule has 2 aliphatic rings. The number of piperidine rings is 1. The quantitative estimate of drug-likeness (QED) is 0.535. The molecule has 0 aromatic heterocycles. The first kappa shape index (κ1) is 6.26. The molecule has 56 valence electrons. The van der Waals surface area contributed by atoms with E-state index in [-0.39, 0.29) is 0 Å². The highest BCUT2D eigenvalue weighted by atomic mass is 15.2. The lowest BCUT2D eigenvalue weighted by Crippen LogP contribution is -2.34. The van der Waals surface area contributed by atoms with E-state index < -0.39 is 0 Å². The third-order valence-electron chi connectivity index (χ3n) is 2.96. The zero-order valence-corrected chi connectivity index (χ0v) is 6.42. The van der Waals surface area contributed by atoms with E-state index in [4.69, 9.17) is 0 Å². The van der Waals surface area contributed by atoms with Gasteiger partial charge in [-0.2, -0.15) is 0 Å². The summed E-state index contributed by atoms with van der Waals surface area (Å²) in [7, 11) is 0. The van der Waals surface area contributed by atoms with Gasteiger partial charge in [0, 0.05) is 12.1 Å². The lowest BCUT2D eigenvalue weighted by molar-refractivity contribution is 0.208. The molecule has 10 heavy (non-hydrogen) atoms. The smallest absolute Gasteiger partial charge is 0.0288 e. The fourth-order valence-electron chi connectivity index (χ4n) is 2.46. The van der Waals surface area contributed by atoms with Crippen LogP contribution < -0.4 is 0 Å². The highest BCUT2D eigenvalue weighted by Gasteiger charge is 2.33. The van der Waals surface area contributed by atoms with Gasteiger partial charge in [-0.05, 0) is 38.3 Å². The minimum Gasteiger partial charge on any atom is -0.372 e. The molecule has 2 bridgehead atoms. The van der Waals surface area contributed by atoms with Crippen molar-refractivity contribution in [1.29, 1.82) is 0 Å². The molecule has 2 atom stereocenters. The van der Waals surface area contributed by atoms with Crippen molar-refractivity contribution in [3.63, 3.8) is 0 Å². The van der Waals surface area contributed by atoms with Crippen LogP contribution in [0.15, 0.2) is 12.8 Å². The van der Waals surface area contributed by atoms with Crippen LogP contribution in [0.2, 0.25) is 0 Å². The van der Waals surface area contributed by atoms with Crippen LogP contribution in [0.3, 0.4) is 0 Å². The molecule has 0 aromatic rings. The van der Waals surface area contributed by atoms with Gasteiger partial charge in [-0.1, -0.05) is 6.58 Å². The zero-order valence-electron chi connectivity index (χ0n) is 6.42. The Bertz CT molecular complexity index is 126. The van der Waals surface area contributed by atoms with Crippen LogP contribution in [0.25, 0.3) is 0 Å². The number of hydrogen-bond acceptors (Lipinski definition) is 1. The Balaban J connectivity index is 2.13. The predicted molar refractivity (Wildman–Crippen MR) is 42.7 cm³/mol. The predicted octanol–water partition coefficient (Wildman–Crippen LogP) is 2.15. The average Bonchev–Trinajstić information content (AvgIpc) is 2.19. The number of nitrogens with zero attached hydrogens (tertiary/aromatic N) is 1. The summed E-state index contributed by atoms with van der Waals surface area (Å²) in [5.41, 5.74) is 0. The van der Waals surface area contributed by atoms with Gasteiger partial charge >= 0.3 is 0 Å². The molecular formula is C9H15N. The van der Waals surface area contributed by atoms with Crippen LogP contribution in [0.1, 0.15) is 32.1 Å². The standard InChI is InChI=1S/C9H15N/c1-2-10-8-4-3-5-9(10)7-6-8/h2,8-9H,1,3-7H2/t8-,9+. The Morgan fingerprint density at radius 2 is 1.70 bits per heavy atom. The van der Waals surface area contributed by atoms with Gasteiger partial charge in [0.1, 0.15) is 0 Å². The number of rotatable bonds is 1. The van der Waals surface area contributed by atoms with E-state index in [1.807, 2.05) is 6.20 Å². The van der Waals surface area contributed by atoms with E-state index in [0.29, 0.717) is 0 Å². The van der Waals surface area contributed by atoms with E-state index in [9.17, 15) is 0 Å². The van der Waals surface area contributed by atoms with Crippen LogP contribution in [-0.2, 0) is 0 Å². The van der Waals surface area contributed by atoms with E-state index in [2.05, 4.69) is 11.5 Å². The van der Waals surface area contributed by atoms with Gasteiger partial charge in [0.05, 0.1) is 0 Å². The summed E-state index contributed by atoms with van der Waals surface area (Å²) in [6.07, 6.45) is 9.12. The van der Waals surface area contributed by atoms with Crippen molar-refractivity contribution in [3.05, 3.63) is 12.8 Å². The molecule has 0 aliphatic carbocycles. The molecule has 1 nitrogen and oxygen atoms in total. The summed E-state index contributed by atoms with van der Waals surface area (Å²) in [6.45, 7) is 3.85. The van der Waals surface area contributed by atoms with Gasteiger partial charge in [0.2, 0.25) is 0 Å². The molecular weight excluding hydrogens is 122 g/mol. The Morgan fingerprint density at radius 3 is 2.10 bits per heavy atom. The maximum Gasteiger partial charge on any atom is 0.0288 e. The Morgan fingerprint density at radius 1 is 1.10 bits per heavy atom. The Hall–Kier alpha value is -0.460. The molecule has 2 saturated heterocycles. The molecule has 2 heterocycles. The summed E-state index contributed by atoms with van der Waals surface area (Å²) in [5.74, 6) is 0. The van der Waals surface area contributed by atoms with Crippen LogP contribution in [0, 0.1) is 0 Å². The fourth-order valence-corrected chi connectivity index (χ4v) is 2.46. The normalized spacial score (nSPS) is 38.2. The molecule has 0 spiro atoms. The fraction of sp³-hybridized carbons (Fsp3) is 0.778. The van der Waals surface area contributed by atoms with Gasteiger partial charge in [0.25, 0.3) is 0 Å². The van der Waals surface area contributed by atoms with Crippen molar-refractivity contribution in [1.82, 2.24) is 4.90 Å². The van der Waals surface area contributed by atoms with Crippen LogP contribution in [0.5, 0.6) is 0 Å². The zero-order chi connectivity index (χ0) is 6.97. The molecule has 0 N–H and O–H groups in total. The third kappa shape index (κ3) is 0.764. The maximum atomic E-state index is 3.85. The molecule has 2 aliphatic heterocycles. The van der Waals surface area contributed by atoms with Crippen molar-refractivity contribution in [2.75, 3.05) is 0 Å². The first-order chi connectivity index (χ1) is 4.92. The summed E-state index contributed by atoms with van der Waals surface area (Å²) >= 11 is 0. The van der Waals surface area contributed by atoms with Crippen LogP contribution in [0.4, 0.5) is 0 Å². The maximum absolute atomic E-state index is 3.85. The SMILES string of the molecule is C=CN1[C@@H]2CCC[C@H]1CC2. The van der Waals surface area contributed by atoms with E-state index in [0.717, 1.165) is 12.1 Å². The molecule has 1 heteroatoms. The second-order valence-corrected chi connectivity index (χ2v) is 3.45. The first-order valence-electron chi connectivity index (χ1n) is 4.32. The summed E-state index contributed by atoms with van der Waals surface area (Å²) in [5, 5.41) is 0. The number of hydrogen-bond donors (Lipinski definition) is 0. The lowest BCUT2D eigenvalue weighted by Gasteiger charge is -2.33. The van der Waals surface area contributed by atoms with Crippen molar-refractivity contribution in [2.45, 2.75) is 44.2 Å². The van der Waals surface area contributed by atoms with Crippen molar-refractivity contribution >= 4 is 0 Å². The minimum atomic E-state index is 0.858. The van der Waals surface area contributed by atoms with E-state index >= 15 is 0 Å². The molecule has 0 saturated carbocycles.